The summed E-state index contributed by atoms with van der Waals surface area (Å²) in [4.78, 5) is 23.8. The number of aromatic hydroxyl groups is 6. The van der Waals surface area contributed by atoms with E-state index in [0.29, 0.717) is 13.1 Å². The molecule has 2 aromatic carbocycles. The van der Waals surface area contributed by atoms with Gasteiger partial charge in [-0.2, -0.15) is 0 Å². The summed E-state index contributed by atoms with van der Waals surface area (Å²) in [5, 5.41) is 64.1. The molecule has 0 aliphatic carbocycles. The number of hydrogen-bond acceptors (Lipinski definition) is 9. The number of amides is 2. The monoisotopic (exact) mass is 407 g/mol. The zero-order valence-corrected chi connectivity index (χ0v) is 15.1. The van der Waals surface area contributed by atoms with Crippen LogP contribution in [0.4, 0.5) is 0 Å². The second kappa shape index (κ2) is 9.37. The molecule has 0 unspecified atom stereocenters. The lowest BCUT2D eigenvalue weighted by molar-refractivity contribution is 0.0947. The van der Waals surface area contributed by atoms with E-state index in [9.17, 15) is 40.2 Å². The van der Waals surface area contributed by atoms with E-state index in [0.717, 1.165) is 24.3 Å². The Morgan fingerprint density at radius 3 is 1.21 bits per heavy atom. The van der Waals surface area contributed by atoms with Crippen LogP contribution in [0.15, 0.2) is 24.3 Å². The number of rotatable bonds is 8. The Bertz CT molecular complexity index is 796. The van der Waals surface area contributed by atoms with Crippen molar-refractivity contribution < 1.29 is 40.2 Å². The molecule has 0 heterocycles. The van der Waals surface area contributed by atoms with Crippen LogP contribution >= 0.6 is 0 Å². The zero-order valence-electron chi connectivity index (χ0n) is 15.1. The van der Waals surface area contributed by atoms with E-state index < -0.39 is 46.3 Å². The van der Waals surface area contributed by atoms with Gasteiger partial charge in [0.1, 0.15) is 0 Å². The van der Waals surface area contributed by atoms with Gasteiger partial charge < -0.3 is 46.6 Å². The van der Waals surface area contributed by atoms with E-state index in [1.54, 1.807) is 0 Å². The standard InChI is InChI=1S/C18H21N3O8/c22-11-5-9(6-12(23)15(11)26)17(28)20-3-1-19-2-4-21-18(29)10-7-13(24)16(27)14(25)8-10/h5-8,19,22-27H,1-4H2,(H,20,28)(H,21,29). The second-order valence-corrected chi connectivity index (χ2v) is 5.99. The Morgan fingerprint density at radius 1 is 0.586 bits per heavy atom. The molecule has 0 spiro atoms. The largest absolute Gasteiger partial charge is 0.504 e. The molecule has 0 atom stereocenters. The van der Waals surface area contributed by atoms with Crippen LogP contribution in [0.2, 0.25) is 0 Å². The first-order chi connectivity index (χ1) is 13.7. The van der Waals surface area contributed by atoms with Gasteiger partial charge >= 0.3 is 0 Å². The first kappa shape index (κ1) is 21.4. The minimum absolute atomic E-state index is 0.0227. The maximum atomic E-state index is 11.9. The Kier molecular flexibility index (Phi) is 6.93. The maximum absolute atomic E-state index is 11.9. The van der Waals surface area contributed by atoms with Crippen molar-refractivity contribution in [2.75, 3.05) is 26.2 Å². The van der Waals surface area contributed by atoms with Crippen LogP contribution in [0.1, 0.15) is 20.7 Å². The highest BCUT2D eigenvalue weighted by Crippen LogP contribution is 2.36. The molecule has 0 saturated carbocycles. The molecule has 2 aromatic rings. The number of carbonyl (C=O) groups is 2. The van der Waals surface area contributed by atoms with Crippen LogP contribution in [0.5, 0.6) is 34.5 Å². The van der Waals surface area contributed by atoms with E-state index in [1.807, 2.05) is 0 Å². The van der Waals surface area contributed by atoms with Crippen molar-refractivity contribution in [2.24, 2.45) is 0 Å². The average Bonchev–Trinajstić information content (AvgIpc) is 2.68. The summed E-state index contributed by atoms with van der Waals surface area (Å²) in [5.41, 5.74) is -0.0454. The molecule has 0 bridgehead atoms. The summed E-state index contributed by atoms with van der Waals surface area (Å²) in [5.74, 6) is -4.97. The second-order valence-electron chi connectivity index (χ2n) is 5.99. The molecule has 0 fully saturated rings. The number of carbonyl (C=O) groups excluding carboxylic acids is 2. The lowest BCUT2D eigenvalue weighted by Gasteiger charge is -2.10. The highest BCUT2D eigenvalue weighted by molar-refractivity contribution is 5.96. The maximum Gasteiger partial charge on any atom is 0.251 e. The predicted octanol–water partition coefficient (Wildman–Crippen LogP) is -0.330. The highest BCUT2D eigenvalue weighted by Gasteiger charge is 2.14. The number of hydrogen-bond donors (Lipinski definition) is 9. The Balaban J connectivity index is 1.67. The fourth-order valence-corrected chi connectivity index (χ4v) is 2.33. The van der Waals surface area contributed by atoms with Gasteiger partial charge in [0, 0.05) is 37.3 Å². The zero-order chi connectivity index (χ0) is 21.6. The average molecular weight is 407 g/mol. The first-order valence-electron chi connectivity index (χ1n) is 8.47. The van der Waals surface area contributed by atoms with Crippen molar-refractivity contribution in [3.05, 3.63) is 35.4 Å². The molecule has 0 saturated heterocycles. The van der Waals surface area contributed by atoms with Crippen LogP contribution in [0.3, 0.4) is 0 Å². The minimum atomic E-state index is -0.706. The molecule has 0 radical (unpaired) electrons. The van der Waals surface area contributed by atoms with E-state index >= 15 is 0 Å². The van der Waals surface area contributed by atoms with E-state index in [2.05, 4.69) is 16.0 Å². The lowest BCUT2D eigenvalue weighted by Crippen LogP contribution is -2.36. The first-order valence-corrected chi connectivity index (χ1v) is 8.47. The molecule has 156 valence electrons. The van der Waals surface area contributed by atoms with E-state index in [4.69, 9.17) is 0 Å². The minimum Gasteiger partial charge on any atom is -0.504 e. The number of benzene rings is 2. The normalized spacial score (nSPS) is 10.5. The molecular weight excluding hydrogens is 386 g/mol. The summed E-state index contributed by atoms with van der Waals surface area (Å²) in [6.45, 7) is 1.15. The van der Waals surface area contributed by atoms with Crippen LogP contribution in [0, 0.1) is 0 Å². The third kappa shape index (κ3) is 5.56. The van der Waals surface area contributed by atoms with E-state index in [-0.39, 0.29) is 24.2 Å². The van der Waals surface area contributed by atoms with Gasteiger partial charge in [0.2, 0.25) is 0 Å². The van der Waals surface area contributed by atoms with Crippen LogP contribution in [-0.4, -0.2) is 68.6 Å². The van der Waals surface area contributed by atoms with Crippen LogP contribution in [-0.2, 0) is 0 Å². The van der Waals surface area contributed by atoms with Gasteiger partial charge in [-0.25, -0.2) is 0 Å². The van der Waals surface area contributed by atoms with Gasteiger partial charge in [-0.3, -0.25) is 9.59 Å². The summed E-state index contributed by atoms with van der Waals surface area (Å²) in [7, 11) is 0. The van der Waals surface area contributed by atoms with Gasteiger partial charge in [0.15, 0.2) is 34.5 Å². The third-order valence-corrected chi connectivity index (χ3v) is 3.84. The van der Waals surface area contributed by atoms with Crippen LogP contribution in [0.25, 0.3) is 0 Å². The molecule has 29 heavy (non-hydrogen) atoms. The third-order valence-electron chi connectivity index (χ3n) is 3.84. The molecule has 2 rings (SSSR count). The number of phenolic OH excluding ortho intramolecular Hbond substituents is 6. The molecule has 0 aromatic heterocycles. The molecule has 11 heteroatoms. The van der Waals surface area contributed by atoms with Gasteiger partial charge in [0.25, 0.3) is 11.8 Å². The summed E-state index contributed by atoms with van der Waals surface area (Å²) < 4.78 is 0. The topological polar surface area (TPSA) is 192 Å². The van der Waals surface area contributed by atoms with Crippen molar-refractivity contribution >= 4 is 11.8 Å². The lowest BCUT2D eigenvalue weighted by atomic mass is 10.1. The molecule has 9 N–H and O–H groups in total. The summed E-state index contributed by atoms with van der Waals surface area (Å²) in [6.07, 6.45) is 0. The predicted molar refractivity (Wildman–Crippen MR) is 100 cm³/mol. The number of phenols is 6. The van der Waals surface area contributed by atoms with Gasteiger partial charge in [-0.1, -0.05) is 0 Å². The highest BCUT2D eigenvalue weighted by atomic mass is 16.3. The van der Waals surface area contributed by atoms with E-state index in [1.165, 1.54) is 0 Å². The van der Waals surface area contributed by atoms with Crippen molar-refractivity contribution in [1.82, 2.24) is 16.0 Å². The molecule has 11 nitrogen and oxygen atoms in total. The van der Waals surface area contributed by atoms with Gasteiger partial charge in [-0.15, -0.1) is 0 Å². The Labute approximate surface area is 164 Å². The molecule has 0 aliphatic heterocycles. The van der Waals surface area contributed by atoms with Crippen LogP contribution < -0.4 is 16.0 Å². The summed E-state index contributed by atoms with van der Waals surface area (Å²) in [6, 6.07) is 4.08. The van der Waals surface area contributed by atoms with Gasteiger partial charge in [-0.05, 0) is 24.3 Å². The summed E-state index contributed by atoms with van der Waals surface area (Å²) >= 11 is 0. The molecule has 2 amide bonds. The fraction of sp³-hybridized carbons (Fsp3) is 0.222. The van der Waals surface area contributed by atoms with Crippen molar-refractivity contribution in [3.8, 4) is 34.5 Å². The Morgan fingerprint density at radius 2 is 0.897 bits per heavy atom. The van der Waals surface area contributed by atoms with Crippen molar-refractivity contribution in [3.63, 3.8) is 0 Å². The smallest absolute Gasteiger partial charge is 0.251 e. The molecular formula is C18H21N3O8. The van der Waals surface area contributed by atoms with Crippen molar-refractivity contribution in [1.29, 1.82) is 0 Å². The molecule has 0 aliphatic rings. The quantitative estimate of drug-likeness (QED) is 0.208. The van der Waals surface area contributed by atoms with Gasteiger partial charge in [0.05, 0.1) is 0 Å². The van der Waals surface area contributed by atoms with Crippen molar-refractivity contribution in [2.45, 2.75) is 0 Å². The number of nitrogens with one attached hydrogen (secondary N) is 3. The Hall–Kier alpha value is -3.86. The SMILES string of the molecule is O=C(NCCNCCNC(=O)c1cc(O)c(O)c(O)c1)c1cc(O)c(O)c(O)c1. The fourth-order valence-electron chi connectivity index (χ4n) is 2.33.